The van der Waals surface area contributed by atoms with E-state index in [0.717, 1.165) is 0 Å². The Labute approximate surface area is 115 Å². The maximum absolute atomic E-state index is 11.9. The third kappa shape index (κ3) is 3.57. The predicted molar refractivity (Wildman–Crippen MR) is 76.1 cm³/mol. The van der Waals surface area contributed by atoms with Gasteiger partial charge in [0.1, 0.15) is 0 Å². The minimum atomic E-state index is -0.250. The zero-order chi connectivity index (χ0) is 13.7. The summed E-state index contributed by atoms with van der Waals surface area (Å²) in [5.74, 6) is -0.273. The van der Waals surface area contributed by atoms with Crippen molar-refractivity contribution in [1.82, 2.24) is 4.90 Å². The number of hydrogen-bond donors (Lipinski definition) is 1. The summed E-state index contributed by atoms with van der Waals surface area (Å²) < 4.78 is 0. The summed E-state index contributed by atoms with van der Waals surface area (Å²) in [6.45, 7) is 1.91. The Morgan fingerprint density at radius 1 is 1.33 bits per heavy atom. The second kappa shape index (κ2) is 6.54. The minimum absolute atomic E-state index is 0.131. The van der Waals surface area contributed by atoms with Gasteiger partial charge in [0.15, 0.2) is 0 Å². The summed E-state index contributed by atoms with van der Waals surface area (Å²) in [6.07, 6.45) is 0.690. The van der Waals surface area contributed by atoms with Crippen LogP contribution in [0.15, 0.2) is 24.3 Å². The van der Waals surface area contributed by atoms with Gasteiger partial charge >= 0.3 is 0 Å². The van der Waals surface area contributed by atoms with E-state index in [-0.39, 0.29) is 16.6 Å². The van der Waals surface area contributed by atoms with E-state index >= 15 is 0 Å². The number of hydrogen-bond acceptors (Lipinski definition) is 2. The number of amides is 2. The highest BCUT2D eigenvalue weighted by atomic mass is 79.9. The van der Waals surface area contributed by atoms with E-state index < -0.39 is 0 Å². The van der Waals surface area contributed by atoms with Crippen molar-refractivity contribution >= 4 is 33.4 Å². The molecule has 0 spiro atoms. The number of rotatable bonds is 4. The molecule has 0 aliphatic heterocycles. The molecular formula is C13H17BrN2O2. The molecular weight excluding hydrogens is 296 g/mol. The number of anilines is 1. The Balaban J connectivity index is 2.96. The molecule has 1 rings (SSSR count). The van der Waals surface area contributed by atoms with Crippen LogP contribution in [0.1, 0.15) is 23.7 Å². The molecule has 1 unspecified atom stereocenters. The maximum Gasteiger partial charge on any atom is 0.255 e. The number of benzene rings is 1. The number of halogens is 1. The van der Waals surface area contributed by atoms with Crippen molar-refractivity contribution in [2.75, 3.05) is 19.4 Å². The Hall–Kier alpha value is -1.36. The molecule has 0 saturated carbocycles. The highest BCUT2D eigenvalue weighted by molar-refractivity contribution is 9.10. The zero-order valence-electron chi connectivity index (χ0n) is 10.7. The van der Waals surface area contributed by atoms with E-state index in [1.54, 1.807) is 38.4 Å². The van der Waals surface area contributed by atoms with Crippen LogP contribution in [0.4, 0.5) is 5.69 Å². The number of carbonyl (C=O) groups excluding carboxylic acids is 2. The van der Waals surface area contributed by atoms with Crippen molar-refractivity contribution in [3.05, 3.63) is 29.8 Å². The van der Waals surface area contributed by atoms with Gasteiger partial charge in [-0.05, 0) is 18.6 Å². The van der Waals surface area contributed by atoms with Crippen LogP contribution in [-0.4, -0.2) is 35.6 Å². The first kappa shape index (κ1) is 14.7. The van der Waals surface area contributed by atoms with Gasteiger partial charge in [-0.1, -0.05) is 35.0 Å². The lowest BCUT2D eigenvalue weighted by Gasteiger charge is -2.15. The van der Waals surface area contributed by atoms with Crippen LogP contribution in [0, 0.1) is 0 Å². The minimum Gasteiger partial charge on any atom is -0.345 e. The first-order valence-corrected chi connectivity index (χ1v) is 6.64. The van der Waals surface area contributed by atoms with Gasteiger partial charge in [0.25, 0.3) is 5.91 Å². The summed E-state index contributed by atoms with van der Waals surface area (Å²) in [7, 11) is 3.36. The van der Waals surface area contributed by atoms with Gasteiger partial charge in [0, 0.05) is 14.1 Å². The van der Waals surface area contributed by atoms with E-state index in [2.05, 4.69) is 21.2 Å². The zero-order valence-corrected chi connectivity index (χ0v) is 12.3. The molecule has 0 aliphatic rings. The first-order chi connectivity index (χ1) is 8.47. The highest BCUT2D eigenvalue weighted by Crippen LogP contribution is 2.18. The van der Waals surface area contributed by atoms with Gasteiger partial charge in [-0.2, -0.15) is 0 Å². The first-order valence-electron chi connectivity index (χ1n) is 5.73. The summed E-state index contributed by atoms with van der Waals surface area (Å²) in [5, 5.41) is 2.76. The van der Waals surface area contributed by atoms with Gasteiger partial charge < -0.3 is 10.2 Å². The van der Waals surface area contributed by atoms with Crippen molar-refractivity contribution in [3.63, 3.8) is 0 Å². The van der Waals surface area contributed by atoms with Crippen molar-refractivity contribution in [1.29, 1.82) is 0 Å². The third-order valence-electron chi connectivity index (χ3n) is 2.46. The van der Waals surface area contributed by atoms with Crippen molar-refractivity contribution in [2.24, 2.45) is 0 Å². The van der Waals surface area contributed by atoms with Crippen LogP contribution in [0.3, 0.4) is 0 Å². The molecule has 0 bridgehead atoms. The number of alkyl halides is 1. The Morgan fingerprint density at radius 2 is 1.94 bits per heavy atom. The fourth-order valence-electron chi connectivity index (χ4n) is 1.42. The molecule has 5 heteroatoms. The lowest BCUT2D eigenvalue weighted by molar-refractivity contribution is -0.115. The van der Waals surface area contributed by atoms with E-state index in [1.807, 2.05) is 6.92 Å². The summed E-state index contributed by atoms with van der Waals surface area (Å²) in [6, 6.07) is 6.99. The second-order valence-corrected chi connectivity index (χ2v) is 5.22. The summed E-state index contributed by atoms with van der Waals surface area (Å²) >= 11 is 3.28. The summed E-state index contributed by atoms with van der Waals surface area (Å²) in [4.78, 5) is 25.0. The molecule has 4 nitrogen and oxygen atoms in total. The monoisotopic (exact) mass is 312 g/mol. The molecule has 18 heavy (non-hydrogen) atoms. The topological polar surface area (TPSA) is 49.4 Å². The van der Waals surface area contributed by atoms with Crippen LogP contribution < -0.4 is 5.32 Å². The van der Waals surface area contributed by atoms with Crippen LogP contribution in [0.2, 0.25) is 0 Å². The third-order valence-corrected chi connectivity index (χ3v) is 3.53. The number of nitrogens with one attached hydrogen (secondary N) is 1. The molecule has 0 fully saturated rings. The number of para-hydroxylation sites is 1. The van der Waals surface area contributed by atoms with Crippen molar-refractivity contribution < 1.29 is 9.59 Å². The van der Waals surface area contributed by atoms with E-state index in [0.29, 0.717) is 17.7 Å². The van der Waals surface area contributed by atoms with Gasteiger partial charge in [-0.25, -0.2) is 0 Å². The van der Waals surface area contributed by atoms with Gasteiger partial charge in [-0.15, -0.1) is 0 Å². The molecule has 0 radical (unpaired) electrons. The van der Waals surface area contributed by atoms with Crippen molar-refractivity contribution in [3.8, 4) is 0 Å². The number of carbonyl (C=O) groups is 2. The SMILES string of the molecule is CCC(Br)C(=O)Nc1ccccc1C(=O)N(C)C. The summed E-state index contributed by atoms with van der Waals surface area (Å²) in [5.41, 5.74) is 1.03. The Kier molecular flexibility index (Phi) is 5.34. The Morgan fingerprint density at radius 3 is 2.50 bits per heavy atom. The van der Waals surface area contributed by atoms with Gasteiger partial charge in [0.05, 0.1) is 16.1 Å². The molecule has 1 aromatic carbocycles. The lowest BCUT2D eigenvalue weighted by atomic mass is 10.1. The molecule has 0 heterocycles. The quantitative estimate of drug-likeness (QED) is 0.868. The largest absolute Gasteiger partial charge is 0.345 e. The molecule has 1 atom stereocenters. The van der Waals surface area contributed by atoms with Crippen LogP contribution in [-0.2, 0) is 4.79 Å². The number of nitrogens with zero attached hydrogens (tertiary/aromatic N) is 1. The molecule has 2 amide bonds. The fraction of sp³-hybridized carbons (Fsp3) is 0.385. The maximum atomic E-state index is 11.9. The second-order valence-electron chi connectivity index (χ2n) is 4.11. The van der Waals surface area contributed by atoms with Crippen LogP contribution in [0.25, 0.3) is 0 Å². The van der Waals surface area contributed by atoms with Crippen LogP contribution >= 0.6 is 15.9 Å². The van der Waals surface area contributed by atoms with E-state index in [9.17, 15) is 9.59 Å². The van der Waals surface area contributed by atoms with E-state index in [4.69, 9.17) is 0 Å². The lowest BCUT2D eigenvalue weighted by Crippen LogP contribution is -2.26. The molecule has 1 N–H and O–H groups in total. The standard InChI is InChI=1S/C13H17BrN2O2/c1-4-10(14)12(17)15-11-8-6-5-7-9(11)13(18)16(2)3/h5-8,10H,4H2,1-3H3,(H,15,17). The van der Waals surface area contributed by atoms with Gasteiger partial charge in [-0.3, -0.25) is 9.59 Å². The smallest absolute Gasteiger partial charge is 0.255 e. The fourth-order valence-corrected chi connectivity index (χ4v) is 1.53. The average molecular weight is 313 g/mol. The molecule has 98 valence electrons. The van der Waals surface area contributed by atoms with Crippen LogP contribution in [0.5, 0.6) is 0 Å². The average Bonchev–Trinajstić information content (AvgIpc) is 2.37. The molecule has 0 aliphatic carbocycles. The molecule has 1 aromatic rings. The van der Waals surface area contributed by atoms with Gasteiger partial charge in [0.2, 0.25) is 5.91 Å². The Bertz CT molecular complexity index is 446. The van der Waals surface area contributed by atoms with E-state index in [1.165, 1.54) is 4.90 Å². The molecule has 0 saturated heterocycles. The predicted octanol–water partition coefficient (Wildman–Crippen LogP) is 2.50. The molecule has 0 aromatic heterocycles. The highest BCUT2D eigenvalue weighted by Gasteiger charge is 2.17. The normalized spacial score (nSPS) is 11.8. The van der Waals surface area contributed by atoms with Crippen molar-refractivity contribution in [2.45, 2.75) is 18.2 Å².